The van der Waals surface area contributed by atoms with E-state index in [2.05, 4.69) is 21.9 Å². The Morgan fingerprint density at radius 3 is 2.50 bits per heavy atom. The summed E-state index contributed by atoms with van der Waals surface area (Å²) < 4.78 is 17.3. The molecule has 2 aromatic rings. The van der Waals surface area contributed by atoms with Crippen LogP contribution in [0.3, 0.4) is 0 Å². The fourth-order valence-electron chi connectivity index (χ4n) is 7.50. The maximum absolute atomic E-state index is 12.7. The van der Waals surface area contributed by atoms with Crippen molar-refractivity contribution >= 4 is 23.5 Å². The number of fused-ring (bicyclic) bond motifs is 9. The number of hydrogen-bond donors (Lipinski definition) is 2. The highest BCUT2D eigenvalue weighted by Gasteiger charge is 2.60. The van der Waals surface area contributed by atoms with E-state index in [0.717, 1.165) is 22.3 Å². The van der Waals surface area contributed by atoms with Crippen LogP contribution in [0.5, 0.6) is 23.0 Å². The molecule has 40 heavy (non-hydrogen) atoms. The molecule has 5 heterocycles. The highest BCUT2D eigenvalue weighted by atomic mass is 32.2. The predicted molar refractivity (Wildman–Crippen MR) is 143 cm³/mol. The summed E-state index contributed by atoms with van der Waals surface area (Å²) in [6.45, 7) is 5.41. The lowest BCUT2D eigenvalue weighted by atomic mass is 9.71. The van der Waals surface area contributed by atoms with Gasteiger partial charge in [-0.2, -0.15) is 5.26 Å². The van der Waals surface area contributed by atoms with E-state index in [9.17, 15) is 25.1 Å². The number of nitrogens with zero attached hydrogens (tertiary/aromatic N) is 3. The van der Waals surface area contributed by atoms with Crippen molar-refractivity contribution < 1.29 is 34.0 Å². The number of ketones is 1. The Kier molecular flexibility index (Phi) is 5.59. The Bertz CT molecular complexity index is 1550. The minimum absolute atomic E-state index is 0.0200. The molecule has 0 saturated carbocycles. The van der Waals surface area contributed by atoms with E-state index in [0.29, 0.717) is 34.6 Å². The first-order valence-electron chi connectivity index (χ1n) is 13.3. The number of rotatable bonds is 0. The van der Waals surface area contributed by atoms with E-state index < -0.39 is 35.1 Å². The number of piperazine rings is 1. The Balaban J connectivity index is 1.55. The van der Waals surface area contributed by atoms with Crippen molar-refractivity contribution in [1.82, 2.24) is 9.80 Å². The van der Waals surface area contributed by atoms with Gasteiger partial charge in [0.1, 0.15) is 24.1 Å². The lowest BCUT2D eigenvalue weighted by Gasteiger charge is -2.61. The zero-order valence-electron chi connectivity index (χ0n) is 22.6. The normalized spacial score (nSPS) is 30.7. The maximum atomic E-state index is 12.7. The van der Waals surface area contributed by atoms with Gasteiger partial charge >= 0.3 is 5.97 Å². The third-order valence-corrected chi connectivity index (χ3v) is 10.8. The number of thioether (sulfide) groups is 1. The molecule has 10 nitrogen and oxygen atoms in total. The number of Topliss-reactive ketones (excluding diaryl/α,β-unsaturated/α-hetero) is 1. The van der Waals surface area contributed by atoms with Gasteiger partial charge in [-0.05, 0) is 50.9 Å². The molecule has 0 spiro atoms. The average molecular weight is 564 g/mol. The number of likely N-dealkylation sites (N-methyl/N-ethyl adjacent to an activating group) is 1. The third kappa shape index (κ3) is 3.18. The Labute approximate surface area is 235 Å². The fourth-order valence-corrected chi connectivity index (χ4v) is 8.84. The number of hydrogen-bond acceptors (Lipinski definition) is 11. The van der Waals surface area contributed by atoms with Gasteiger partial charge in [0.05, 0.1) is 29.2 Å². The van der Waals surface area contributed by atoms with Crippen molar-refractivity contribution in [1.29, 1.82) is 5.26 Å². The minimum atomic E-state index is -0.916. The summed E-state index contributed by atoms with van der Waals surface area (Å²) in [7, 11) is 1.97. The monoisotopic (exact) mass is 563 g/mol. The number of phenolic OH excluding ortho intramolecular Hbond substituents is 2. The standard InChI is InChI=1S/C29H29N3O7S/c1-11-5-14-6-15-16(7-30)32-17-8-37-29(36)18(33)9-40-28(23(32)22(31(15)4)19(14)24(34)12(11)2)21-20(17)27-26(38-10-39-27)13(3)25(21)35/h5,15-17,22-23,28,34-35H,6,8-10H2,1-4H3/t15-,16-,17+,22+,23?,28+/m0/s1. The molecule has 2 fully saturated rings. The molecule has 4 bridgehead atoms. The molecule has 2 aromatic carbocycles. The van der Waals surface area contributed by atoms with E-state index in [1.165, 1.54) is 11.8 Å². The zero-order chi connectivity index (χ0) is 28.2. The highest BCUT2D eigenvalue weighted by Crippen LogP contribution is 2.63. The van der Waals surface area contributed by atoms with Gasteiger partial charge in [-0.3, -0.25) is 14.6 Å². The Morgan fingerprint density at radius 1 is 1.02 bits per heavy atom. The van der Waals surface area contributed by atoms with Crippen molar-refractivity contribution in [2.24, 2.45) is 0 Å². The first-order valence-corrected chi connectivity index (χ1v) is 14.4. The first kappa shape index (κ1) is 25.5. The molecule has 0 aliphatic carbocycles. The highest BCUT2D eigenvalue weighted by molar-refractivity contribution is 8.00. The van der Waals surface area contributed by atoms with Gasteiger partial charge in [-0.1, -0.05) is 6.07 Å². The lowest BCUT2D eigenvalue weighted by molar-refractivity contribution is -0.157. The third-order valence-electron chi connectivity index (χ3n) is 9.49. The summed E-state index contributed by atoms with van der Waals surface area (Å²) in [5, 5.41) is 33.3. The molecule has 0 radical (unpaired) electrons. The summed E-state index contributed by atoms with van der Waals surface area (Å²) in [4.78, 5) is 29.6. The van der Waals surface area contributed by atoms with Crippen LogP contribution < -0.4 is 9.47 Å². The molecule has 2 saturated heterocycles. The van der Waals surface area contributed by atoms with E-state index in [4.69, 9.17) is 14.2 Å². The van der Waals surface area contributed by atoms with Crippen molar-refractivity contribution in [2.75, 3.05) is 26.2 Å². The van der Waals surface area contributed by atoms with Crippen LogP contribution in [-0.2, 0) is 20.7 Å². The molecule has 5 aliphatic heterocycles. The number of cyclic esters (lactones) is 1. The molecular weight excluding hydrogens is 534 g/mol. The molecule has 2 N–H and O–H groups in total. The number of carbonyl (C=O) groups is 2. The lowest BCUT2D eigenvalue weighted by Crippen LogP contribution is -2.69. The van der Waals surface area contributed by atoms with Gasteiger partial charge in [0.2, 0.25) is 12.6 Å². The zero-order valence-corrected chi connectivity index (χ0v) is 23.4. The van der Waals surface area contributed by atoms with Gasteiger partial charge < -0.3 is 24.4 Å². The summed E-state index contributed by atoms with van der Waals surface area (Å²) in [5.74, 6) is -0.558. The van der Waals surface area contributed by atoms with Crippen LogP contribution in [0.2, 0.25) is 0 Å². The molecule has 5 aliphatic rings. The number of ether oxygens (including phenoxy) is 3. The van der Waals surface area contributed by atoms with Crippen LogP contribution in [0, 0.1) is 32.1 Å². The molecular formula is C29H29N3O7S. The quantitative estimate of drug-likeness (QED) is 0.362. The fraction of sp³-hybridized carbons (Fsp3) is 0.483. The molecule has 0 amide bonds. The topological polar surface area (TPSA) is 133 Å². The number of aryl methyl sites for hydroxylation is 1. The van der Waals surface area contributed by atoms with Gasteiger partial charge in [0.25, 0.3) is 0 Å². The molecule has 7 rings (SSSR count). The van der Waals surface area contributed by atoms with E-state index >= 15 is 0 Å². The van der Waals surface area contributed by atoms with Gasteiger partial charge in [-0.25, -0.2) is 4.79 Å². The van der Waals surface area contributed by atoms with Crippen molar-refractivity contribution in [3.63, 3.8) is 0 Å². The Morgan fingerprint density at radius 2 is 1.75 bits per heavy atom. The number of phenols is 2. The average Bonchev–Trinajstić information content (AvgIpc) is 3.42. The van der Waals surface area contributed by atoms with Crippen LogP contribution in [0.25, 0.3) is 0 Å². The molecule has 6 atom stereocenters. The second-order valence-electron chi connectivity index (χ2n) is 11.3. The van der Waals surface area contributed by atoms with Crippen LogP contribution in [0.4, 0.5) is 0 Å². The number of carbonyl (C=O) groups excluding carboxylic acids is 2. The van der Waals surface area contributed by atoms with Crippen molar-refractivity contribution in [3.8, 4) is 29.1 Å². The summed E-state index contributed by atoms with van der Waals surface area (Å²) >= 11 is 1.25. The number of nitriles is 1. The Hall–Kier alpha value is -3.46. The van der Waals surface area contributed by atoms with Crippen LogP contribution in [-0.4, -0.2) is 76.1 Å². The van der Waals surface area contributed by atoms with Gasteiger partial charge in [0.15, 0.2) is 11.5 Å². The second-order valence-corrected chi connectivity index (χ2v) is 12.4. The van der Waals surface area contributed by atoms with E-state index in [-0.39, 0.29) is 42.7 Å². The van der Waals surface area contributed by atoms with E-state index in [1.54, 1.807) is 6.92 Å². The van der Waals surface area contributed by atoms with Gasteiger partial charge in [0, 0.05) is 34.3 Å². The number of aromatic hydroxyl groups is 2. The maximum Gasteiger partial charge on any atom is 0.375 e. The first-order chi connectivity index (χ1) is 19.1. The molecule has 11 heteroatoms. The van der Waals surface area contributed by atoms with Crippen LogP contribution in [0.1, 0.15) is 56.3 Å². The summed E-state index contributed by atoms with van der Waals surface area (Å²) in [6.07, 6.45) is 0.561. The molecule has 208 valence electrons. The summed E-state index contributed by atoms with van der Waals surface area (Å²) in [5.41, 5.74) is 5.33. The predicted octanol–water partition coefficient (Wildman–Crippen LogP) is 2.88. The largest absolute Gasteiger partial charge is 0.507 e. The smallest absolute Gasteiger partial charge is 0.375 e. The SMILES string of the molecule is Cc1cc2c(c(O)c1C)[C@@H]1C3[C@@H]4SCC(=O)C(=O)OC[C@H](c5c6c(c(C)c(O)c54)OCO6)N3[C@@H](C#N)[C@H](C2)N1C. The molecule has 1 unspecified atom stereocenters. The molecule has 0 aromatic heterocycles. The second kappa shape index (κ2) is 8.77. The number of esters is 1. The van der Waals surface area contributed by atoms with Crippen LogP contribution >= 0.6 is 11.8 Å². The van der Waals surface area contributed by atoms with E-state index in [1.807, 2.05) is 20.9 Å². The van der Waals surface area contributed by atoms with Crippen molar-refractivity contribution in [2.45, 2.75) is 62.7 Å². The number of benzene rings is 2. The van der Waals surface area contributed by atoms with Crippen molar-refractivity contribution in [3.05, 3.63) is 45.0 Å². The minimum Gasteiger partial charge on any atom is -0.507 e. The van der Waals surface area contributed by atoms with Gasteiger partial charge in [-0.15, -0.1) is 11.8 Å². The van der Waals surface area contributed by atoms with Crippen LogP contribution in [0.15, 0.2) is 6.07 Å². The summed E-state index contributed by atoms with van der Waals surface area (Å²) in [6, 6.07) is 2.33.